The van der Waals surface area contributed by atoms with Gasteiger partial charge in [-0.15, -0.1) is 0 Å². The first-order valence-electron chi connectivity index (χ1n) is 7.26. The molecule has 0 aromatic heterocycles. The molecule has 0 fully saturated rings. The van der Waals surface area contributed by atoms with Gasteiger partial charge in [-0.2, -0.15) is 0 Å². The third-order valence-electron chi connectivity index (χ3n) is 3.91. The molecule has 112 valence electrons. The summed E-state index contributed by atoms with van der Waals surface area (Å²) in [7, 11) is 0. The fourth-order valence-electron chi connectivity index (χ4n) is 2.60. The summed E-state index contributed by atoms with van der Waals surface area (Å²) in [4.78, 5) is 0. The molecule has 2 aromatic carbocycles. The van der Waals surface area contributed by atoms with Crippen molar-refractivity contribution in [2.24, 2.45) is 0 Å². The van der Waals surface area contributed by atoms with E-state index in [4.69, 9.17) is 11.6 Å². The zero-order valence-electron chi connectivity index (χ0n) is 12.7. The zero-order chi connectivity index (χ0) is 15.4. The van der Waals surface area contributed by atoms with Gasteiger partial charge >= 0.3 is 0 Å². The lowest BCUT2D eigenvalue weighted by molar-refractivity contribution is 0.547. The van der Waals surface area contributed by atoms with Crippen molar-refractivity contribution in [3.63, 3.8) is 0 Å². The van der Waals surface area contributed by atoms with E-state index >= 15 is 0 Å². The largest absolute Gasteiger partial charge is 0.310 e. The summed E-state index contributed by atoms with van der Waals surface area (Å²) in [5.41, 5.74) is 5.22. The lowest BCUT2D eigenvalue weighted by Gasteiger charge is -2.22. The number of nitrogens with one attached hydrogen (secondary N) is 1. The maximum atomic E-state index is 6.37. The first-order valence-corrected chi connectivity index (χ1v) is 8.43. The van der Waals surface area contributed by atoms with E-state index in [-0.39, 0.29) is 6.04 Å². The molecule has 0 saturated heterocycles. The minimum Gasteiger partial charge on any atom is -0.310 e. The van der Waals surface area contributed by atoms with E-state index < -0.39 is 0 Å². The first kappa shape index (κ1) is 16.5. The summed E-state index contributed by atoms with van der Waals surface area (Å²) >= 11 is 9.83. The van der Waals surface area contributed by atoms with E-state index in [1.165, 1.54) is 22.3 Å². The Balaban J connectivity index is 2.33. The van der Waals surface area contributed by atoms with Crippen molar-refractivity contribution >= 4 is 27.5 Å². The van der Waals surface area contributed by atoms with Gasteiger partial charge in [0.15, 0.2) is 0 Å². The second kappa shape index (κ2) is 7.44. The average molecular weight is 367 g/mol. The maximum Gasteiger partial charge on any atom is 0.0449 e. The smallest absolute Gasteiger partial charge is 0.0449 e. The molecule has 1 N–H and O–H groups in total. The van der Waals surface area contributed by atoms with Crippen molar-refractivity contribution in [3.8, 4) is 0 Å². The molecule has 0 radical (unpaired) electrons. The molecule has 0 aliphatic rings. The third-order valence-corrected chi connectivity index (χ3v) is 4.76. The standard InChI is InChI=1S/C18H21BrClN/c1-4-21-18(16-7-5-6-12(2)13(16)3)10-14-8-9-15(19)11-17(14)20/h5-9,11,18,21H,4,10H2,1-3H3. The molecule has 3 heteroatoms. The van der Waals surface area contributed by atoms with Gasteiger partial charge in [-0.25, -0.2) is 0 Å². The summed E-state index contributed by atoms with van der Waals surface area (Å²) in [6.45, 7) is 7.43. The lowest BCUT2D eigenvalue weighted by Crippen LogP contribution is -2.24. The minimum atomic E-state index is 0.286. The normalized spacial score (nSPS) is 12.4. The van der Waals surface area contributed by atoms with Gasteiger partial charge in [0, 0.05) is 15.5 Å². The molecule has 0 spiro atoms. The Morgan fingerprint density at radius 1 is 1.19 bits per heavy atom. The van der Waals surface area contributed by atoms with E-state index in [1.807, 2.05) is 12.1 Å². The highest BCUT2D eigenvalue weighted by atomic mass is 79.9. The molecule has 2 rings (SSSR count). The minimum absolute atomic E-state index is 0.286. The molecule has 1 nitrogen and oxygen atoms in total. The third kappa shape index (κ3) is 4.09. The van der Waals surface area contributed by atoms with Crippen LogP contribution in [0.4, 0.5) is 0 Å². The van der Waals surface area contributed by atoms with Gasteiger partial charge in [0.2, 0.25) is 0 Å². The Hall–Kier alpha value is -0.830. The van der Waals surface area contributed by atoms with Crippen molar-refractivity contribution in [2.45, 2.75) is 33.2 Å². The molecule has 1 atom stereocenters. The average Bonchev–Trinajstić information content (AvgIpc) is 2.44. The molecule has 0 amide bonds. The monoisotopic (exact) mass is 365 g/mol. The highest BCUT2D eigenvalue weighted by Gasteiger charge is 2.15. The molecule has 0 aliphatic heterocycles. The fourth-order valence-corrected chi connectivity index (χ4v) is 3.35. The van der Waals surface area contributed by atoms with Gasteiger partial charge in [-0.3, -0.25) is 0 Å². The number of aryl methyl sites for hydroxylation is 1. The van der Waals surface area contributed by atoms with E-state index in [9.17, 15) is 0 Å². The number of hydrogen-bond acceptors (Lipinski definition) is 1. The van der Waals surface area contributed by atoms with Crippen molar-refractivity contribution in [2.75, 3.05) is 6.54 Å². The van der Waals surface area contributed by atoms with Gasteiger partial charge < -0.3 is 5.32 Å². The van der Waals surface area contributed by atoms with Crippen LogP contribution in [0.1, 0.15) is 35.2 Å². The Morgan fingerprint density at radius 3 is 2.62 bits per heavy atom. The fraction of sp³-hybridized carbons (Fsp3) is 0.333. The Labute approximate surface area is 140 Å². The lowest BCUT2D eigenvalue weighted by atomic mass is 9.93. The van der Waals surface area contributed by atoms with Crippen LogP contribution in [-0.2, 0) is 6.42 Å². The summed E-state index contributed by atoms with van der Waals surface area (Å²) in [5.74, 6) is 0. The Morgan fingerprint density at radius 2 is 1.95 bits per heavy atom. The quantitative estimate of drug-likeness (QED) is 0.725. The van der Waals surface area contributed by atoms with Gasteiger partial charge in [0.25, 0.3) is 0 Å². The summed E-state index contributed by atoms with van der Waals surface area (Å²) in [5, 5.41) is 4.40. The van der Waals surface area contributed by atoms with Crippen LogP contribution in [0.15, 0.2) is 40.9 Å². The molecular formula is C18H21BrClN. The van der Waals surface area contributed by atoms with Crippen LogP contribution in [-0.4, -0.2) is 6.54 Å². The van der Waals surface area contributed by atoms with Crippen LogP contribution < -0.4 is 5.32 Å². The summed E-state index contributed by atoms with van der Waals surface area (Å²) in [6, 6.07) is 12.9. The van der Waals surface area contributed by atoms with Crippen LogP contribution in [0.3, 0.4) is 0 Å². The van der Waals surface area contributed by atoms with E-state index in [2.05, 4.69) is 66.3 Å². The topological polar surface area (TPSA) is 12.0 Å². The first-order chi connectivity index (χ1) is 10.0. The predicted molar refractivity (Wildman–Crippen MR) is 95.2 cm³/mol. The highest BCUT2D eigenvalue weighted by molar-refractivity contribution is 9.10. The van der Waals surface area contributed by atoms with Crippen LogP contribution in [0.25, 0.3) is 0 Å². The molecule has 0 saturated carbocycles. The molecule has 21 heavy (non-hydrogen) atoms. The van der Waals surface area contributed by atoms with E-state index in [0.29, 0.717) is 0 Å². The molecule has 2 aromatic rings. The van der Waals surface area contributed by atoms with Crippen molar-refractivity contribution in [3.05, 3.63) is 68.1 Å². The van der Waals surface area contributed by atoms with Crippen LogP contribution in [0.2, 0.25) is 5.02 Å². The summed E-state index contributed by atoms with van der Waals surface area (Å²) < 4.78 is 1.02. The number of likely N-dealkylation sites (N-methyl/N-ethyl adjacent to an activating group) is 1. The van der Waals surface area contributed by atoms with Crippen molar-refractivity contribution in [1.82, 2.24) is 5.32 Å². The van der Waals surface area contributed by atoms with Gasteiger partial charge in [0.1, 0.15) is 0 Å². The highest BCUT2D eigenvalue weighted by Crippen LogP contribution is 2.28. The molecule has 0 heterocycles. The number of halogens is 2. The van der Waals surface area contributed by atoms with Gasteiger partial charge in [0.05, 0.1) is 0 Å². The molecular weight excluding hydrogens is 346 g/mol. The predicted octanol–water partition coefficient (Wildman–Crippen LogP) is 5.61. The summed E-state index contributed by atoms with van der Waals surface area (Å²) in [6.07, 6.45) is 0.893. The van der Waals surface area contributed by atoms with Crippen LogP contribution >= 0.6 is 27.5 Å². The van der Waals surface area contributed by atoms with Crippen molar-refractivity contribution < 1.29 is 0 Å². The second-order valence-electron chi connectivity index (χ2n) is 5.34. The van der Waals surface area contributed by atoms with Crippen LogP contribution in [0.5, 0.6) is 0 Å². The van der Waals surface area contributed by atoms with Crippen LogP contribution in [0, 0.1) is 13.8 Å². The maximum absolute atomic E-state index is 6.37. The zero-order valence-corrected chi connectivity index (χ0v) is 15.1. The van der Waals surface area contributed by atoms with Gasteiger partial charge in [-0.05, 0) is 61.2 Å². The SMILES string of the molecule is CCNC(Cc1ccc(Br)cc1Cl)c1cccc(C)c1C. The molecule has 1 unspecified atom stereocenters. The number of hydrogen-bond donors (Lipinski definition) is 1. The van der Waals surface area contributed by atoms with Gasteiger partial charge in [-0.1, -0.05) is 58.7 Å². The number of rotatable bonds is 5. The van der Waals surface area contributed by atoms with E-state index in [1.54, 1.807) is 0 Å². The molecule has 0 bridgehead atoms. The second-order valence-corrected chi connectivity index (χ2v) is 6.66. The molecule has 0 aliphatic carbocycles. The van der Waals surface area contributed by atoms with E-state index in [0.717, 1.165) is 22.5 Å². The van der Waals surface area contributed by atoms with Crippen molar-refractivity contribution in [1.29, 1.82) is 0 Å². The Kier molecular flexibility index (Phi) is 5.86. The Bertz CT molecular complexity index is 625. The number of benzene rings is 2.